The number of sulfonamides is 1. The van der Waals surface area contributed by atoms with Crippen molar-refractivity contribution in [2.75, 3.05) is 10.0 Å². The van der Waals surface area contributed by atoms with Crippen molar-refractivity contribution in [2.45, 2.75) is 18.7 Å². The second kappa shape index (κ2) is 8.09. The summed E-state index contributed by atoms with van der Waals surface area (Å²) in [5, 5.41) is 3.27. The van der Waals surface area contributed by atoms with Crippen molar-refractivity contribution in [1.82, 2.24) is 4.98 Å². The largest absolute Gasteiger partial charge is 0.298 e. The number of aryl methyl sites for hydroxylation is 2. The molecule has 6 nitrogen and oxygen atoms in total. The number of amides is 1. The number of anilines is 2. The smallest absolute Gasteiger partial charge is 0.261 e. The highest BCUT2D eigenvalue weighted by molar-refractivity contribution is 7.92. The molecule has 4 aromatic rings. The third-order valence-electron chi connectivity index (χ3n) is 4.75. The molecule has 0 fully saturated rings. The predicted molar refractivity (Wildman–Crippen MR) is 121 cm³/mol. The summed E-state index contributed by atoms with van der Waals surface area (Å²) in [6.45, 7) is 4.04. The van der Waals surface area contributed by atoms with Crippen LogP contribution in [0.25, 0.3) is 10.2 Å². The van der Waals surface area contributed by atoms with Crippen molar-refractivity contribution in [3.05, 3.63) is 83.2 Å². The van der Waals surface area contributed by atoms with Gasteiger partial charge < -0.3 is 0 Å². The van der Waals surface area contributed by atoms with Gasteiger partial charge >= 0.3 is 0 Å². The maximum Gasteiger partial charge on any atom is 0.261 e. The number of hydrogen-bond donors (Lipinski definition) is 2. The Bertz CT molecular complexity index is 1340. The minimum atomic E-state index is -3.86. The van der Waals surface area contributed by atoms with E-state index in [9.17, 15) is 17.6 Å². The number of nitrogens with one attached hydrogen (secondary N) is 2. The third-order valence-corrected chi connectivity index (χ3v) is 7.08. The van der Waals surface area contributed by atoms with Crippen LogP contribution < -0.4 is 10.0 Å². The fourth-order valence-corrected chi connectivity index (χ4v) is 4.92. The van der Waals surface area contributed by atoms with Crippen molar-refractivity contribution in [3.8, 4) is 0 Å². The van der Waals surface area contributed by atoms with E-state index < -0.39 is 15.8 Å². The van der Waals surface area contributed by atoms with Crippen molar-refractivity contribution in [2.24, 2.45) is 0 Å². The Morgan fingerprint density at radius 1 is 0.968 bits per heavy atom. The van der Waals surface area contributed by atoms with Crippen LogP contribution in [0.1, 0.15) is 21.5 Å². The number of rotatable bonds is 5. The first-order valence-corrected chi connectivity index (χ1v) is 11.6. The van der Waals surface area contributed by atoms with E-state index in [1.165, 1.54) is 47.7 Å². The molecule has 0 radical (unpaired) electrons. The van der Waals surface area contributed by atoms with Gasteiger partial charge in [0.15, 0.2) is 5.13 Å². The molecule has 1 aromatic heterocycles. The van der Waals surface area contributed by atoms with Gasteiger partial charge in [0.25, 0.3) is 15.9 Å². The average Bonchev–Trinajstić information content (AvgIpc) is 3.09. The summed E-state index contributed by atoms with van der Waals surface area (Å²) >= 11 is 1.39. The van der Waals surface area contributed by atoms with Crippen molar-refractivity contribution in [3.63, 3.8) is 0 Å². The lowest BCUT2D eigenvalue weighted by Crippen LogP contribution is -2.14. The van der Waals surface area contributed by atoms with Crippen LogP contribution in [-0.2, 0) is 10.0 Å². The molecule has 3 aromatic carbocycles. The SMILES string of the molecule is Cc1cc2nc(NC(=O)c3ccc(NS(=O)(=O)c4ccc(F)cc4)cc3)sc2cc1C. The maximum atomic E-state index is 13.0. The van der Waals surface area contributed by atoms with Gasteiger partial charge in [0, 0.05) is 11.3 Å². The molecule has 2 N–H and O–H groups in total. The van der Waals surface area contributed by atoms with Gasteiger partial charge in [-0.2, -0.15) is 0 Å². The van der Waals surface area contributed by atoms with Gasteiger partial charge in [-0.25, -0.2) is 17.8 Å². The number of fused-ring (bicyclic) bond motifs is 1. The number of aromatic nitrogens is 1. The Labute approximate surface area is 182 Å². The zero-order chi connectivity index (χ0) is 22.2. The highest BCUT2D eigenvalue weighted by Gasteiger charge is 2.15. The van der Waals surface area contributed by atoms with E-state index in [1.54, 1.807) is 0 Å². The normalized spacial score (nSPS) is 11.5. The molecule has 0 aliphatic rings. The lowest BCUT2D eigenvalue weighted by molar-refractivity contribution is 0.102. The van der Waals surface area contributed by atoms with E-state index >= 15 is 0 Å². The Kier molecular flexibility index (Phi) is 5.47. The van der Waals surface area contributed by atoms with Crippen molar-refractivity contribution < 1.29 is 17.6 Å². The van der Waals surface area contributed by atoms with Gasteiger partial charge in [-0.1, -0.05) is 11.3 Å². The number of carbonyl (C=O) groups excluding carboxylic acids is 1. The first kappa shape index (κ1) is 21.0. The first-order chi connectivity index (χ1) is 14.7. The molecule has 0 atom stereocenters. The molecular weight excluding hydrogens is 437 g/mol. The molecule has 0 saturated carbocycles. The highest BCUT2D eigenvalue weighted by atomic mass is 32.2. The van der Waals surface area contributed by atoms with E-state index in [0.29, 0.717) is 10.7 Å². The molecule has 158 valence electrons. The van der Waals surface area contributed by atoms with Crippen LogP contribution in [0.5, 0.6) is 0 Å². The molecule has 0 bridgehead atoms. The van der Waals surface area contributed by atoms with Crippen LogP contribution in [0.15, 0.2) is 65.6 Å². The summed E-state index contributed by atoms with van der Waals surface area (Å²) in [6, 6.07) is 14.5. The molecule has 4 rings (SSSR count). The number of hydrogen-bond acceptors (Lipinski definition) is 5. The Balaban J connectivity index is 1.47. The fraction of sp³-hybridized carbons (Fsp3) is 0.0909. The van der Waals surface area contributed by atoms with Crippen molar-refractivity contribution in [1.29, 1.82) is 0 Å². The Morgan fingerprint density at radius 2 is 1.61 bits per heavy atom. The number of carbonyl (C=O) groups is 1. The van der Waals surface area contributed by atoms with E-state index in [1.807, 2.05) is 26.0 Å². The number of thiazole rings is 1. The molecule has 0 spiro atoms. The van der Waals surface area contributed by atoms with Gasteiger partial charge in [-0.3, -0.25) is 14.8 Å². The molecular formula is C22H18FN3O3S2. The third kappa shape index (κ3) is 4.57. The summed E-state index contributed by atoms with van der Waals surface area (Å²) in [4.78, 5) is 17.0. The van der Waals surface area contributed by atoms with Crippen LogP contribution in [0.4, 0.5) is 15.2 Å². The lowest BCUT2D eigenvalue weighted by atomic mass is 10.1. The van der Waals surface area contributed by atoms with E-state index in [-0.39, 0.29) is 16.5 Å². The van der Waals surface area contributed by atoms with E-state index in [4.69, 9.17) is 0 Å². The minimum Gasteiger partial charge on any atom is -0.298 e. The zero-order valence-corrected chi connectivity index (χ0v) is 18.3. The fourth-order valence-electron chi connectivity index (χ4n) is 2.92. The predicted octanol–water partition coefficient (Wildman–Crippen LogP) is 5.11. The monoisotopic (exact) mass is 455 g/mol. The second-order valence-corrected chi connectivity index (χ2v) is 9.73. The molecule has 0 saturated heterocycles. The summed E-state index contributed by atoms with van der Waals surface area (Å²) in [5.74, 6) is -0.867. The zero-order valence-electron chi connectivity index (χ0n) is 16.6. The van der Waals surface area contributed by atoms with Gasteiger partial charge in [-0.05, 0) is 85.6 Å². The van der Waals surface area contributed by atoms with Crippen LogP contribution in [0.2, 0.25) is 0 Å². The van der Waals surface area contributed by atoms with Gasteiger partial charge in [-0.15, -0.1) is 0 Å². The van der Waals surface area contributed by atoms with Gasteiger partial charge in [0.1, 0.15) is 5.82 Å². The number of benzene rings is 3. The van der Waals surface area contributed by atoms with Crippen LogP contribution in [-0.4, -0.2) is 19.3 Å². The summed E-state index contributed by atoms with van der Waals surface area (Å²) < 4.78 is 41.2. The van der Waals surface area contributed by atoms with Gasteiger partial charge in [0.2, 0.25) is 0 Å². The maximum absolute atomic E-state index is 13.0. The molecule has 1 heterocycles. The molecule has 0 unspecified atom stereocenters. The van der Waals surface area contributed by atoms with Crippen LogP contribution >= 0.6 is 11.3 Å². The molecule has 0 aliphatic carbocycles. The summed E-state index contributed by atoms with van der Waals surface area (Å²) in [5.41, 5.74) is 3.76. The number of nitrogens with zero attached hydrogens (tertiary/aromatic N) is 1. The molecule has 1 amide bonds. The Morgan fingerprint density at radius 3 is 2.29 bits per heavy atom. The van der Waals surface area contributed by atoms with Crippen LogP contribution in [0, 0.1) is 19.7 Å². The first-order valence-electron chi connectivity index (χ1n) is 9.29. The van der Waals surface area contributed by atoms with E-state index in [0.717, 1.165) is 33.5 Å². The highest BCUT2D eigenvalue weighted by Crippen LogP contribution is 2.28. The van der Waals surface area contributed by atoms with Crippen molar-refractivity contribution >= 4 is 48.3 Å². The minimum absolute atomic E-state index is 0.0583. The van der Waals surface area contributed by atoms with Crippen LogP contribution in [0.3, 0.4) is 0 Å². The number of halogens is 1. The Hall–Kier alpha value is -3.30. The summed E-state index contributed by atoms with van der Waals surface area (Å²) in [7, 11) is -3.86. The topological polar surface area (TPSA) is 88.2 Å². The second-order valence-electron chi connectivity index (χ2n) is 7.01. The van der Waals surface area contributed by atoms with E-state index in [2.05, 4.69) is 15.0 Å². The summed E-state index contributed by atoms with van der Waals surface area (Å²) in [6.07, 6.45) is 0. The molecule has 0 aliphatic heterocycles. The average molecular weight is 456 g/mol. The standard InChI is InChI=1S/C22H18FN3O3S2/c1-13-11-19-20(12-14(13)2)30-22(24-19)25-21(27)15-3-7-17(8-4-15)26-31(28,29)18-9-5-16(23)6-10-18/h3-12,26H,1-2H3,(H,24,25,27). The quantitative estimate of drug-likeness (QED) is 0.438. The lowest BCUT2D eigenvalue weighted by Gasteiger charge is -2.09. The molecule has 9 heteroatoms. The van der Waals surface area contributed by atoms with Gasteiger partial charge in [0.05, 0.1) is 15.1 Å². The molecule has 31 heavy (non-hydrogen) atoms.